The van der Waals surface area contributed by atoms with Gasteiger partial charge in [-0.05, 0) is 122 Å². The zero-order chi connectivity index (χ0) is 25.2. The molecule has 2 aliphatic rings. The van der Waals surface area contributed by atoms with Crippen LogP contribution in [-0.4, -0.2) is 0 Å². The molecule has 0 amide bonds. The molecule has 0 N–H and O–H groups in total. The van der Waals surface area contributed by atoms with Gasteiger partial charge in [0.05, 0.1) is 0 Å². The van der Waals surface area contributed by atoms with E-state index in [9.17, 15) is 0 Å². The van der Waals surface area contributed by atoms with Gasteiger partial charge in [0.2, 0.25) is 0 Å². The summed E-state index contributed by atoms with van der Waals surface area (Å²) in [5, 5.41) is 0. The van der Waals surface area contributed by atoms with Crippen LogP contribution in [0, 0.1) is 34.6 Å². The third-order valence-corrected chi connectivity index (χ3v) is 9.40. The fourth-order valence-corrected chi connectivity index (χ4v) is 7.48. The van der Waals surface area contributed by atoms with Crippen molar-refractivity contribution in [3.63, 3.8) is 0 Å². The van der Waals surface area contributed by atoms with Gasteiger partial charge < -0.3 is 0 Å². The number of hydrogen-bond donors (Lipinski definition) is 0. The average molecular weight is 479 g/mol. The average Bonchev–Trinajstić information content (AvgIpc) is 2.88. The molecule has 0 saturated heterocycles. The normalized spacial score (nSPS) is 17.6. The molecule has 0 bridgehead atoms. The van der Waals surface area contributed by atoms with E-state index in [1.54, 1.807) is 11.1 Å². The molecule has 190 valence electrons. The number of rotatable bonds is 5. The van der Waals surface area contributed by atoms with E-state index in [1.807, 2.05) is 0 Å². The van der Waals surface area contributed by atoms with Crippen molar-refractivity contribution in [1.82, 2.24) is 0 Å². The molecule has 2 aliphatic carbocycles. The zero-order valence-electron chi connectivity index (χ0n) is 23.4. The quantitative estimate of drug-likeness (QED) is 0.320. The molecule has 0 spiro atoms. The first kappa shape index (κ1) is 25.3. The summed E-state index contributed by atoms with van der Waals surface area (Å²) in [6.45, 7) is 11.6. The number of aryl methyl sites for hydroxylation is 5. The standard InChI is InChI=1S/C36H46/c1-24-13-12-18-31(19-24)36(34-22-32(25(2)20-27(34)4)29-14-8-6-9-15-29)35-23-33(26(3)21-28(35)5)30-16-10-7-11-17-30/h12-13,18-23,29-30,36H,6-11,14-17H2,1-5H3. The molecular weight excluding hydrogens is 432 g/mol. The Kier molecular flexibility index (Phi) is 7.71. The van der Waals surface area contributed by atoms with Gasteiger partial charge in [0.15, 0.2) is 0 Å². The molecular formula is C36H46. The van der Waals surface area contributed by atoms with Crippen LogP contribution in [0.15, 0.2) is 48.5 Å². The van der Waals surface area contributed by atoms with E-state index >= 15 is 0 Å². The maximum absolute atomic E-state index is 2.63. The first-order valence-corrected chi connectivity index (χ1v) is 14.7. The monoisotopic (exact) mass is 478 g/mol. The molecule has 0 aliphatic heterocycles. The van der Waals surface area contributed by atoms with Gasteiger partial charge in [-0.1, -0.05) is 92.6 Å². The first-order valence-electron chi connectivity index (χ1n) is 14.7. The molecule has 0 nitrogen and oxygen atoms in total. The van der Waals surface area contributed by atoms with Gasteiger partial charge in [0, 0.05) is 5.92 Å². The van der Waals surface area contributed by atoms with Gasteiger partial charge >= 0.3 is 0 Å². The summed E-state index contributed by atoms with van der Waals surface area (Å²) in [5.41, 5.74) is 14.9. The van der Waals surface area contributed by atoms with Crippen molar-refractivity contribution in [1.29, 1.82) is 0 Å². The van der Waals surface area contributed by atoms with Crippen molar-refractivity contribution < 1.29 is 0 Å². The molecule has 2 fully saturated rings. The smallest absolute Gasteiger partial charge is 0.0345 e. The van der Waals surface area contributed by atoms with E-state index < -0.39 is 0 Å². The Morgan fingerprint density at radius 3 is 1.44 bits per heavy atom. The summed E-state index contributed by atoms with van der Waals surface area (Å²) < 4.78 is 0. The number of hydrogen-bond acceptors (Lipinski definition) is 0. The zero-order valence-corrected chi connectivity index (χ0v) is 23.4. The Morgan fingerprint density at radius 1 is 0.528 bits per heavy atom. The minimum absolute atomic E-state index is 0.288. The minimum Gasteiger partial charge on any atom is -0.0617 e. The van der Waals surface area contributed by atoms with Crippen LogP contribution in [0.3, 0.4) is 0 Å². The van der Waals surface area contributed by atoms with Gasteiger partial charge in [-0.2, -0.15) is 0 Å². The molecule has 0 radical (unpaired) electrons. The third-order valence-electron chi connectivity index (χ3n) is 9.40. The molecule has 0 heteroatoms. The highest BCUT2D eigenvalue weighted by atomic mass is 14.3. The maximum Gasteiger partial charge on any atom is 0.0345 e. The van der Waals surface area contributed by atoms with Crippen molar-refractivity contribution in [3.05, 3.63) is 104 Å². The van der Waals surface area contributed by atoms with Crippen molar-refractivity contribution in [2.75, 3.05) is 0 Å². The minimum atomic E-state index is 0.288. The van der Waals surface area contributed by atoms with Crippen LogP contribution in [0.5, 0.6) is 0 Å². The fourth-order valence-electron chi connectivity index (χ4n) is 7.48. The van der Waals surface area contributed by atoms with Gasteiger partial charge in [0.1, 0.15) is 0 Å². The summed E-state index contributed by atoms with van der Waals surface area (Å²) in [6, 6.07) is 19.6. The van der Waals surface area contributed by atoms with Crippen molar-refractivity contribution in [2.45, 2.75) is 117 Å². The third kappa shape index (κ3) is 5.20. The van der Waals surface area contributed by atoms with E-state index in [2.05, 4.69) is 83.1 Å². The second-order valence-corrected chi connectivity index (χ2v) is 12.1. The largest absolute Gasteiger partial charge is 0.0617 e. The molecule has 3 aromatic rings. The lowest BCUT2D eigenvalue weighted by molar-refractivity contribution is 0.442. The maximum atomic E-state index is 2.63. The molecule has 36 heavy (non-hydrogen) atoms. The Bertz CT molecular complexity index is 1130. The van der Waals surface area contributed by atoms with Crippen LogP contribution in [0.25, 0.3) is 0 Å². The Balaban J connectivity index is 1.68. The summed E-state index contributed by atoms with van der Waals surface area (Å²) in [5.74, 6) is 1.75. The second-order valence-electron chi connectivity index (χ2n) is 12.1. The van der Waals surface area contributed by atoms with E-state index in [4.69, 9.17) is 0 Å². The van der Waals surface area contributed by atoms with Crippen LogP contribution in [0.2, 0.25) is 0 Å². The summed E-state index contributed by atoms with van der Waals surface area (Å²) in [6.07, 6.45) is 13.8. The molecule has 0 unspecified atom stereocenters. The fraction of sp³-hybridized carbons (Fsp3) is 0.500. The topological polar surface area (TPSA) is 0 Å². The molecule has 0 heterocycles. The molecule has 5 rings (SSSR count). The predicted molar refractivity (Wildman–Crippen MR) is 156 cm³/mol. The van der Waals surface area contributed by atoms with E-state index in [0.29, 0.717) is 0 Å². The van der Waals surface area contributed by atoms with Gasteiger partial charge in [-0.25, -0.2) is 0 Å². The van der Waals surface area contributed by atoms with Crippen LogP contribution >= 0.6 is 0 Å². The Hall–Kier alpha value is -2.34. The molecule has 0 atom stereocenters. The highest BCUT2D eigenvalue weighted by Crippen LogP contribution is 2.43. The van der Waals surface area contributed by atoms with E-state index in [1.165, 1.54) is 109 Å². The molecule has 0 aromatic heterocycles. The predicted octanol–water partition coefficient (Wildman–Crippen LogP) is 10.5. The molecule has 3 aromatic carbocycles. The van der Waals surface area contributed by atoms with Gasteiger partial charge in [-0.15, -0.1) is 0 Å². The molecule has 2 saturated carbocycles. The Morgan fingerprint density at radius 2 is 1.00 bits per heavy atom. The Labute approximate surface area is 220 Å². The number of benzene rings is 3. The summed E-state index contributed by atoms with van der Waals surface area (Å²) >= 11 is 0. The highest BCUT2D eigenvalue weighted by molar-refractivity contribution is 5.54. The van der Waals surface area contributed by atoms with E-state index in [0.717, 1.165) is 11.8 Å². The van der Waals surface area contributed by atoms with Crippen LogP contribution < -0.4 is 0 Å². The van der Waals surface area contributed by atoms with Crippen molar-refractivity contribution in [2.24, 2.45) is 0 Å². The lowest BCUT2D eigenvalue weighted by Crippen LogP contribution is -2.13. The lowest BCUT2D eigenvalue weighted by Gasteiger charge is -2.30. The van der Waals surface area contributed by atoms with Crippen LogP contribution in [0.1, 0.15) is 138 Å². The van der Waals surface area contributed by atoms with Crippen molar-refractivity contribution in [3.8, 4) is 0 Å². The first-order chi connectivity index (χ1) is 17.4. The second kappa shape index (κ2) is 11.0. The van der Waals surface area contributed by atoms with E-state index in [-0.39, 0.29) is 5.92 Å². The van der Waals surface area contributed by atoms with Crippen LogP contribution in [0.4, 0.5) is 0 Å². The van der Waals surface area contributed by atoms with Gasteiger partial charge in [-0.3, -0.25) is 0 Å². The van der Waals surface area contributed by atoms with Gasteiger partial charge in [0.25, 0.3) is 0 Å². The lowest BCUT2D eigenvalue weighted by atomic mass is 9.74. The summed E-state index contributed by atoms with van der Waals surface area (Å²) in [7, 11) is 0. The summed E-state index contributed by atoms with van der Waals surface area (Å²) in [4.78, 5) is 0. The highest BCUT2D eigenvalue weighted by Gasteiger charge is 2.26. The van der Waals surface area contributed by atoms with Crippen molar-refractivity contribution >= 4 is 0 Å². The van der Waals surface area contributed by atoms with Crippen LogP contribution in [-0.2, 0) is 0 Å². The SMILES string of the molecule is Cc1cccc(C(c2cc(C3CCCCC3)c(C)cc2C)c2cc(C3CCCCC3)c(C)cc2C)c1.